The van der Waals surface area contributed by atoms with E-state index in [1.807, 2.05) is 17.0 Å². The fourth-order valence-electron chi connectivity index (χ4n) is 3.68. The number of benzene rings is 1. The second kappa shape index (κ2) is 10.1. The summed E-state index contributed by atoms with van der Waals surface area (Å²) in [5.41, 5.74) is 8.19. The molecule has 1 aliphatic rings. The summed E-state index contributed by atoms with van der Waals surface area (Å²) in [6.45, 7) is 4.52. The maximum Gasteiger partial charge on any atom is 0.411 e. The van der Waals surface area contributed by atoms with Crippen LogP contribution in [0.3, 0.4) is 0 Å². The van der Waals surface area contributed by atoms with Crippen molar-refractivity contribution in [3.8, 4) is 5.69 Å². The van der Waals surface area contributed by atoms with E-state index in [0.717, 1.165) is 36.7 Å². The van der Waals surface area contributed by atoms with Crippen LogP contribution < -0.4 is 21.3 Å². The average molecular weight is 466 g/mol. The van der Waals surface area contributed by atoms with Crippen LogP contribution in [0.5, 0.6) is 0 Å². The van der Waals surface area contributed by atoms with Gasteiger partial charge in [-0.25, -0.2) is 9.78 Å². The highest BCUT2D eigenvalue weighted by Crippen LogP contribution is 2.22. The van der Waals surface area contributed by atoms with Crippen LogP contribution in [0.2, 0.25) is 0 Å². The summed E-state index contributed by atoms with van der Waals surface area (Å²) >= 11 is 0. The van der Waals surface area contributed by atoms with Crippen LogP contribution in [0.4, 0.5) is 33.9 Å². The number of nitrogens with zero attached hydrogens (tertiary/aromatic N) is 6. The number of pyridine rings is 1. The minimum atomic E-state index is -0.540. The highest BCUT2D eigenvalue weighted by Gasteiger charge is 2.18. The number of carbonyl (C=O) groups excluding carboxylic acids is 2. The molecule has 34 heavy (non-hydrogen) atoms. The summed E-state index contributed by atoms with van der Waals surface area (Å²) in [4.78, 5) is 35.8. The van der Waals surface area contributed by atoms with Crippen molar-refractivity contribution in [1.82, 2.24) is 24.6 Å². The van der Waals surface area contributed by atoms with E-state index in [1.165, 1.54) is 7.11 Å². The molecule has 1 aliphatic heterocycles. The lowest BCUT2D eigenvalue weighted by Crippen LogP contribution is -2.33. The summed E-state index contributed by atoms with van der Waals surface area (Å²) in [6, 6.07) is 10.7. The molecule has 4 rings (SSSR count). The van der Waals surface area contributed by atoms with Crippen molar-refractivity contribution >= 4 is 41.1 Å². The summed E-state index contributed by atoms with van der Waals surface area (Å²) in [6.07, 6.45) is 2.04. The molecule has 1 aromatic carbocycles. The molecule has 0 bridgehead atoms. The lowest BCUT2D eigenvalue weighted by atomic mass is 10.3. The SMILES string of the molecule is COC(=O)Nc1ccc(Nc2nc(N)n(-c3ccnc(N4CCCN(C(C)=O)CC4)c3)n2)cc1. The Bertz CT molecular complexity index is 1160. The summed E-state index contributed by atoms with van der Waals surface area (Å²) < 4.78 is 6.12. The van der Waals surface area contributed by atoms with E-state index < -0.39 is 6.09 Å². The molecule has 0 unspecified atom stereocenters. The molecule has 12 nitrogen and oxygen atoms in total. The molecule has 1 saturated heterocycles. The first-order valence-electron chi connectivity index (χ1n) is 10.8. The Hall–Kier alpha value is -4.35. The number of nitrogens with one attached hydrogen (secondary N) is 2. The Labute approximate surface area is 196 Å². The number of rotatable bonds is 5. The van der Waals surface area contributed by atoms with Gasteiger partial charge in [-0.3, -0.25) is 10.1 Å². The number of carbonyl (C=O) groups is 2. The van der Waals surface area contributed by atoms with Gasteiger partial charge in [-0.1, -0.05) is 0 Å². The van der Waals surface area contributed by atoms with Crippen molar-refractivity contribution < 1.29 is 14.3 Å². The standard InChI is InChI=1S/C22H27N9O3/c1-15(32)29-10-3-11-30(13-12-29)19-14-18(8-9-24-19)31-20(23)27-21(28-31)25-16-4-6-17(7-5-16)26-22(33)34-2/h4-9,14H,3,10-13H2,1-2H3,(H,26,33)(H3,23,25,27,28). The molecule has 12 heteroatoms. The Morgan fingerprint density at radius 1 is 1.06 bits per heavy atom. The minimum absolute atomic E-state index is 0.0911. The van der Waals surface area contributed by atoms with Gasteiger partial charge in [-0.2, -0.15) is 9.67 Å². The van der Waals surface area contributed by atoms with Gasteiger partial charge in [0.1, 0.15) is 5.82 Å². The summed E-state index contributed by atoms with van der Waals surface area (Å²) in [5, 5.41) is 10.2. The predicted molar refractivity (Wildman–Crippen MR) is 128 cm³/mol. The Morgan fingerprint density at radius 3 is 2.56 bits per heavy atom. The van der Waals surface area contributed by atoms with Gasteiger partial charge >= 0.3 is 6.09 Å². The Kier molecular flexibility index (Phi) is 6.76. The van der Waals surface area contributed by atoms with E-state index >= 15 is 0 Å². The molecular weight excluding hydrogens is 438 g/mol. The number of amides is 2. The monoisotopic (exact) mass is 465 g/mol. The van der Waals surface area contributed by atoms with Crippen LogP contribution in [0, 0.1) is 0 Å². The van der Waals surface area contributed by atoms with Crippen molar-refractivity contribution in [2.45, 2.75) is 13.3 Å². The highest BCUT2D eigenvalue weighted by molar-refractivity contribution is 5.84. The number of nitrogens with two attached hydrogens (primary N) is 1. The number of methoxy groups -OCH3 is 1. The van der Waals surface area contributed by atoms with Crippen molar-refractivity contribution in [3.63, 3.8) is 0 Å². The van der Waals surface area contributed by atoms with Crippen molar-refractivity contribution in [3.05, 3.63) is 42.6 Å². The smallest absolute Gasteiger partial charge is 0.411 e. The third-order valence-electron chi connectivity index (χ3n) is 5.44. The van der Waals surface area contributed by atoms with Crippen LogP contribution in [0.15, 0.2) is 42.6 Å². The summed E-state index contributed by atoms with van der Waals surface area (Å²) in [7, 11) is 1.30. The molecule has 2 aromatic heterocycles. The maximum atomic E-state index is 11.7. The zero-order chi connectivity index (χ0) is 24.1. The summed E-state index contributed by atoms with van der Waals surface area (Å²) in [5.74, 6) is 1.44. The number of hydrogen-bond acceptors (Lipinski definition) is 9. The number of nitrogen functional groups attached to an aromatic ring is 1. The van der Waals surface area contributed by atoms with Crippen LogP contribution in [0.1, 0.15) is 13.3 Å². The van der Waals surface area contributed by atoms with Crippen LogP contribution >= 0.6 is 0 Å². The molecule has 178 valence electrons. The molecule has 4 N–H and O–H groups in total. The minimum Gasteiger partial charge on any atom is -0.453 e. The molecule has 2 amide bonds. The fraction of sp³-hybridized carbons (Fsp3) is 0.318. The molecular formula is C22H27N9O3. The molecule has 1 fully saturated rings. The van der Waals surface area contributed by atoms with Gasteiger partial charge in [-0.15, -0.1) is 5.10 Å². The first-order valence-corrected chi connectivity index (χ1v) is 10.8. The molecule has 0 spiro atoms. The fourth-order valence-corrected chi connectivity index (χ4v) is 3.68. The quantitative estimate of drug-likeness (QED) is 0.517. The lowest BCUT2D eigenvalue weighted by Gasteiger charge is -2.22. The predicted octanol–water partition coefficient (Wildman–Crippen LogP) is 2.22. The van der Waals surface area contributed by atoms with E-state index in [4.69, 9.17) is 5.73 Å². The van der Waals surface area contributed by atoms with Gasteiger partial charge in [0.2, 0.25) is 17.8 Å². The topological polar surface area (TPSA) is 144 Å². The molecule has 0 aliphatic carbocycles. The zero-order valence-electron chi connectivity index (χ0n) is 19.1. The van der Waals surface area contributed by atoms with Gasteiger partial charge in [0.25, 0.3) is 0 Å². The lowest BCUT2D eigenvalue weighted by molar-refractivity contribution is -0.128. The van der Waals surface area contributed by atoms with E-state index in [0.29, 0.717) is 24.7 Å². The molecule has 3 aromatic rings. The second-order valence-corrected chi connectivity index (χ2v) is 7.74. The van der Waals surface area contributed by atoms with E-state index in [2.05, 4.69) is 35.3 Å². The van der Waals surface area contributed by atoms with Gasteiger partial charge in [0, 0.05) is 56.7 Å². The molecule has 0 atom stereocenters. The second-order valence-electron chi connectivity index (χ2n) is 7.74. The first-order chi connectivity index (χ1) is 16.4. The molecule has 0 saturated carbocycles. The maximum absolute atomic E-state index is 11.7. The van der Waals surface area contributed by atoms with E-state index in [-0.39, 0.29) is 11.9 Å². The van der Waals surface area contributed by atoms with Gasteiger partial charge in [0.15, 0.2) is 0 Å². The number of aromatic nitrogens is 4. The molecule has 3 heterocycles. The van der Waals surface area contributed by atoms with E-state index in [1.54, 1.807) is 42.1 Å². The van der Waals surface area contributed by atoms with Crippen molar-refractivity contribution in [1.29, 1.82) is 0 Å². The first kappa shape index (κ1) is 22.8. The van der Waals surface area contributed by atoms with Crippen LogP contribution in [0.25, 0.3) is 5.69 Å². The number of anilines is 5. The average Bonchev–Trinajstić information content (AvgIpc) is 3.04. The number of ether oxygens (including phenoxy) is 1. The van der Waals surface area contributed by atoms with Gasteiger partial charge in [-0.05, 0) is 36.8 Å². The third-order valence-corrected chi connectivity index (χ3v) is 5.44. The molecule has 0 radical (unpaired) electrons. The largest absolute Gasteiger partial charge is 0.453 e. The Morgan fingerprint density at radius 2 is 1.82 bits per heavy atom. The zero-order valence-corrected chi connectivity index (χ0v) is 19.1. The number of hydrogen-bond donors (Lipinski definition) is 3. The van der Waals surface area contributed by atoms with Crippen molar-refractivity contribution in [2.75, 3.05) is 54.6 Å². The highest BCUT2D eigenvalue weighted by atomic mass is 16.5. The third kappa shape index (κ3) is 5.34. The van der Waals surface area contributed by atoms with Gasteiger partial charge < -0.3 is 25.6 Å². The van der Waals surface area contributed by atoms with E-state index in [9.17, 15) is 9.59 Å². The van der Waals surface area contributed by atoms with Crippen LogP contribution in [-0.2, 0) is 9.53 Å². The Balaban J connectivity index is 1.47. The van der Waals surface area contributed by atoms with Gasteiger partial charge in [0.05, 0.1) is 12.8 Å². The van der Waals surface area contributed by atoms with Crippen molar-refractivity contribution in [2.24, 2.45) is 0 Å². The van der Waals surface area contributed by atoms with Crippen LogP contribution in [-0.4, -0.2) is 69.9 Å². The normalized spacial score (nSPS) is 13.8.